The molecule has 8 heteroatoms. The second-order valence-electron chi connectivity index (χ2n) is 6.01. The van der Waals surface area contributed by atoms with E-state index < -0.39 is 0 Å². The Balaban J connectivity index is 1.59. The molecular formula is C19H19N5O3. The van der Waals surface area contributed by atoms with Crippen molar-refractivity contribution in [2.75, 3.05) is 10.6 Å². The van der Waals surface area contributed by atoms with Gasteiger partial charge in [0.25, 0.3) is 0 Å². The highest BCUT2D eigenvalue weighted by Crippen LogP contribution is 2.21. The fraction of sp³-hybridized carbons (Fsp3) is 0.211. The van der Waals surface area contributed by atoms with Gasteiger partial charge in [0.2, 0.25) is 23.5 Å². The third-order valence-electron chi connectivity index (χ3n) is 3.80. The zero-order valence-electron chi connectivity index (χ0n) is 15.0. The lowest BCUT2D eigenvalue weighted by atomic mass is 10.1. The van der Waals surface area contributed by atoms with Crippen LogP contribution in [0.1, 0.15) is 24.8 Å². The van der Waals surface area contributed by atoms with E-state index in [0.717, 1.165) is 11.1 Å². The normalized spacial score (nSPS) is 10.4. The molecule has 27 heavy (non-hydrogen) atoms. The molecule has 2 heterocycles. The van der Waals surface area contributed by atoms with Gasteiger partial charge in [-0.25, -0.2) is 0 Å². The first-order valence-corrected chi connectivity index (χ1v) is 8.42. The molecule has 0 aliphatic heterocycles. The summed E-state index contributed by atoms with van der Waals surface area (Å²) in [5.74, 6) is 0.506. The lowest BCUT2D eigenvalue weighted by molar-refractivity contribution is -0.116. The summed E-state index contributed by atoms with van der Waals surface area (Å²) in [6, 6.07) is 8.91. The number of hydrogen-bond acceptors (Lipinski definition) is 6. The summed E-state index contributed by atoms with van der Waals surface area (Å²) < 4.78 is 5.20. The average molecular weight is 365 g/mol. The standard InChI is InChI=1S/C19H19N5O3/c1-12-3-4-15(21-13(2)25)11-16(12)22-17(26)5-6-18-23-19(24-27-18)14-7-9-20-10-8-14/h3-4,7-11H,5-6H2,1-2H3,(H,21,25)(H,22,26). The molecule has 2 aromatic heterocycles. The molecule has 2 amide bonds. The second-order valence-corrected chi connectivity index (χ2v) is 6.01. The third kappa shape index (κ3) is 4.97. The number of aromatic nitrogens is 3. The van der Waals surface area contributed by atoms with E-state index in [1.807, 2.05) is 13.0 Å². The molecule has 0 saturated heterocycles. The Kier molecular flexibility index (Phi) is 5.55. The Morgan fingerprint density at radius 2 is 1.89 bits per heavy atom. The lowest BCUT2D eigenvalue weighted by Gasteiger charge is -2.10. The fourth-order valence-corrected chi connectivity index (χ4v) is 2.45. The van der Waals surface area contributed by atoms with E-state index in [0.29, 0.717) is 29.5 Å². The number of hydrogen-bond donors (Lipinski definition) is 2. The Labute approximate surface area is 156 Å². The number of nitrogens with zero attached hydrogens (tertiary/aromatic N) is 3. The molecule has 1 aromatic carbocycles. The predicted molar refractivity (Wildman–Crippen MR) is 100.0 cm³/mol. The topological polar surface area (TPSA) is 110 Å². The van der Waals surface area contributed by atoms with Gasteiger partial charge < -0.3 is 15.2 Å². The molecule has 0 spiro atoms. The van der Waals surface area contributed by atoms with Crippen LogP contribution in [0.15, 0.2) is 47.2 Å². The molecule has 3 aromatic rings. The number of carbonyl (C=O) groups is 2. The van der Waals surface area contributed by atoms with Crippen LogP contribution in [0.2, 0.25) is 0 Å². The van der Waals surface area contributed by atoms with Crippen molar-refractivity contribution in [2.24, 2.45) is 0 Å². The molecule has 0 radical (unpaired) electrons. The molecule has 0 unspecified atom stereocenters. The Hall–Kier alpha value is -3.55. The zero-order chi connectivity index (χ0) is 19.2. The Morgan fingerprint density at radius 1 is 1.11 bits per heavy atom. The molecule has 0 atom stereocenters. The minimum Gasteiger partial charge on any atom is -0.339 e. The first kappa shape index (κ1) is 18.2. The van der Waals surface area contributed by atoms with Crippen LogP contribution in [0.3, 0.4) is 0 Å². The monoisotopic (exact) mass is 365 g/mol. The molecule has 0 bridgehead atoms. The van der Waals surface area contributed by atoms with E-state index in [2.05, 4.69) is 25.8 Å². The maximum Gasteiger partial charge on any atom is 0.227 e. The minimum absolute atomic E-state index is 0.169. The zero-order valence-corrected chi connectivity index (χ0v) is 15.0. The molecule has 0 fully saturated rings. The predicted octanol–water partition coefficient (Wildman–Crippen LogP) is 2.97. The van der Waals surface area contributed by atoms with Crippen molar-refractivity contribution in [1.29, 1.82) is 0 Å². The molecule has 138 valence electrons. The van der Waals surface area contributed by atoms with E-state index in [4.69, 9.17) is 4.52 Å². The number of anilines is 2. The molecule has 0 saturated carbocycles. The van der Waals surface area contributed by atoms with Gasteiger partial charge in [0.15, 0.2) is 0 Å². The molecule has 2 N–H and O–H groups in total. The molecule has 3 rings (SSSR count). The third-order valence-corrected chi connectivity index (χ3v) is 3.80. The largest absolute Gasteiger partial charge is 0.339 e. The van der Waals surface area contributed by atoms with Crippen LogP contribution in [0.25, 0.3) is 11.4 Å². The average Bonchev–Trinajstić information content (AvgIpc) is 3.12. The van der Waals surface area contributed by atoms with Crippen molar-refractivity contribution in [3.8, 4) is 11.4 Å². The number of pyridine rings is 1. The van der Waals surface area contributed by atoms with Gasteiger partial charge in [-0.1, -0.05) is 11.2 Å². The maximum absolute atomic E-state index is 12.3. The highest BCUT2D eigenvalue weighted by atomic mass is 16.5. The number of aryl methyl sites for hydroxylation is 2. The number of benzene rings is 1. The SMILES string of the molecule is CC(=O)Nc1ccc(C)c(NC(=O)CCc2nc(-c3ccncc3)no2)c1. The summed E-state index contributed by atoms with van der Waals surface area (Å²) in [5.41, 5.74) is 2.97. The summed E-state index contributed by atoms with van der Waals surface area (Å²) in [4.78, 5) is 31.7. The van der Waals surface area contributed by atoms with Crippen LogP contribution < -0.4 is 10.6 Å². The molecule has 8 nitrogen and oxygen atoms in total. The van der Waals surface area contributed by atoms with Crippen LogP contribution >= 0.6 is 0 Å². The van der Waals surface area contributed by atoms with E-state index in [-0.39, 0.29) is 18.2 Å². The van der Waals surface area contributed by atoms with Gasteiger partial charge in [-0.2, -0.15) is 4.98 Å². The van der Waals surface area contributed by atoms with Crippen LogP contribution in [0, 0.1) is 6.92 Å². The van der Waals surface area contributed by atoms with E-state index >= 15 is 0 Å². The van der Waals surface area contributed by atoms with Gasteiger partial charge in [0.05, 0.1) is 0 Å². The summed E-state index contributed by atoms with van der Waals surface area (Å²) in [7, 11) is 0. The van der Waals surface area contributed by atoms with Crippen molar-refractivity contribution in [3.05, 3.63) is 54.2 Å². The number of carbonyl (C=O) groups excluding carboxylic acids is 2. The van der Waals surface area contributed by atoms with Gasteiger partial charge in [-0.05, 0) is 36.8 Å². The summed E-state index contributed by atoms with van der Waals surface area (Å²) in [5, 5.41) is 9.45. The van der Waals surface area contributed by atoms with E-state index in [9.17, 15) is 9.59 Å². The lowest BCUT2D eigenvalue weighted by Crippen LogP contribution is -2.14. The van der Waals surface area contributed by atoms with Gasteiger partial charge in [0, 0.05) is 49.1 Å². The van der Waals surface area contributed by atoms with Crippen LogP contribution in [0.4, 0.5) is 11.4 Å². The number of rotatable bonds is 6. The fourth-order valence-electron chi connectivity index (χ4n) is 2.45. The first-order valence-electron chi connectivity index (χ1n) is 8.42. The quantitative estimate of drug-likeness (QED) is 0.695. The second kappa shape index (κ2) is 8.22. The van der Waals surface area contributed by atoms with Gasteiger partial charge in [-0.15, -0.1) is 0 Å². The van der Waals surface area contributed by atoms with Gasteiger partial charge in [-0.3, -0.25) is 14.6 Å². The molecular weight excluding hydrogens is 346 g/mol. The number of nitrogens with one attached hydrogen (secondary N) is 2. The highest BCUT2D eigenvalue weighted by Gasteiger charge is 2.12. The van der Waals surface area contributed by atoms with Crippen molar-refractivity contribution in [3.63, 3.8) is 0 Å². The van der Waals surface area contributed by atoms with Crippen molar-refractivity contribution in [1.82, 2.24) is 15.1 Å². The molecule has 0 aliphatic carbocycles. The van der Waals surface area contributed by atoms with Crippen LogP contribution in [-0.4, -0.2) is 26.9 Å². The van der Waals surface area contributed by atoms with E-state index in [1.165, 1.54) is 6.92 Å². The summed E-state index contributed by atoms with van der Waals surface area (Å²) in [6.45, 7) is 3.31. The maximum atomic E-state index is 12.3. The van der Waals surface area contributed by atoms with Crippen molar-refractivity contribution < 1.29 is 14.1 Å². The Morgan fingerprint density at radius 3 is 2.63 bits per heavy atom. The molecule has 0 aliphatic rings. The van der Waals surface area contributed by atoms with Gasteiger partial charge in [0.1, 0.15) is 0 Å². The smallest absolute Gasteiger partial charge is 0.227 e. The van der Waals surface area contributed by atoms with E-state index in [1.54, 1.807) is 36.7 Å². The van der Waals surface area contributed by atoms with Crippen LogP contribution in [-0.2, 0) is 16.0 Å². The summed E-state index contributed by atoms with van der Waals surface area (Å²) in [6.07, 6.45) is 3.82. The summed E-state index contributed by atoms with van der Waals surface area (Å²) >= 11 is 0. The highest BCUT2D eigenvalue weighted by molar-refractivity contribution is 5.94. The van der Waals surface area contributed by atoms with Gasteiger partial charge >= 0.3 is 0 Å². The number of amides is 2. The first-order chi connectivity index (χ1) is 13.0. The van der Waals surface area contributed by atoms with Crippen LogP contribution in [0.5, 0.6) is 0 Å². The van der Waals surface area contributed by atoms with Crippen molar-refractivity contribution >= 4 is 23.2 Å². The minimum atomic E-state index is -0.179. The Bertz CT molecular complexity index is 953. The van der Waals surface area contributed by atoms with Crippen molar-refractivity contribution in [2.45, 2.75) is 26.7 Å².